The molecule has 2 unspecified atom stereocenters. The van der Waals surface area contributed by atoms with E-state index in [1.165, 1.54) is 37.7 Å². The lowest BCUT2D eigenvalue weighted by Gasteiger charge is -2.31. The number of carboxylic acids is 1. The molecule has 1 fully saturated rings. The maximum atomic E-state index is 12.4. The number of hydrogen-bond acceptors (Lipinski definition) is 6. The summed E-state index contributed by atoms with van der Waals surface area (Å²) >= 11 is 6.08. The summed E-state index contributed by atoms with van der Waals surface area (Å²) in [5, 5.41) is 31.9. The van der Waals surface area contributed by atoms with E-state index in [1.807, 2.05) is 36.4 Å². The minimum absolute atomic E-state index is 0.00370. The Labute approximate surface area is 259 Å². The molecular weight excluding hydrogens is 566 g/mol. The molecule has 4 rings (SSSR count). The minimum atomic E-state index is -1.65. The van der Waals surface area contributed by atoms with Crippen LogP contribution in [0, 0.1) is 0 Å². The number of hydrogen-bond donors (Lipinski definition) is 5. The van der Waals surface area contributed by atoms with Crippen LogP contribution in [-0.4, -0.2) is 47.0 Å². The zero-order valence-electron chi connectivity index (χ0n) is 24.8. The number of nitrogens with zero attached hydrogens (tertiary/aromatic N) is 1. The standard InChI is InChI=1S/C33H38ClN3O4.CH4O/c1-22(25-12-16-29(34)17-13-25)36-23(2)37(30-18-14-27(15-19-30)26-6-4-3-5-7-26)21-24-8-10-28(11-9-24)32(39)35-20-31(38)33(40)41;1-2/h8-19,22,26,31,36,38H,2-7,20-21H2,1H3,(H,35,39)(H,40,41);2H,1H3. The van der Waals surface area contributed by atoms with Crippen LogP contribution in [0.15, 0.2) is 85.2 Å². The first-order valence-electron chi connectivity index (χ1n) is 14.5. The lowest BCUT2D eigenvalue weighted by Crippen LogP contribution is -2.36. The molecule has 8 nitrogen and oxygen atoms in total. The molecule has 9 heteroatoms. The fraction of sp³-hybridized carbons (Fsp3) is 0.353. The number of rotatable bonds is 12. The van der Waals surface area contributed by atoms with Gasteiger partial charge in [-0.3, -0.25) is 4.79 Å². The van der Waals surface area contributed by atoms with Gasteiger partial charge in [-0.2, -0.15) is 0 Å². The van der Waals surface area contributed by atoms with E-state index in [1.54, 1.807) is 12.1 Å². The van der Waals surface area contributed by atoms with E-state index in [0.29, 0.717) is 23.0 Å². The van der Waals surface area contributed by atoms with Crippen LogP contribution in [0.25, 0.3) is 0 Å². The molecule has 1 aliphatic rings. The molecule has 3 aromatic carbocycles. The number of amides is 1. The van der Waals surface area contributed by atoms with E-state index in [-0.39, 0.29) is 12.6 Å². The van der Waals surface area contributed by atoms with Crippen molar-refractivity contribution in [3.8, 4) is 0 Å². The largest absolute Gasteiger partial charge is 0.479 e. The summed E-state index contributed by atoms with van der Waals surface area (Å²) in [6.07, 6.45) is 4.73. The molecule has 0 aromatic heterocycles. The molecule has 1 saturated carbocycles. The Morgan fingerprint density at radius 1 is 0.953 bits per heavy atom. The molecule has 0 heterocycles. The summed E-state index contributed by atoms with van der Waals surface area (Å²) in [6.45, 7) is 6.61. The van der Waals surface area contributed by atoms with Crippen molar-refractivity contribution in [1.29, 1.82) is 0 Å². The van der Waals surface area contributed by atoms with E-state index in [0.717, 1.165) is 29.7 Å². The van der Waals surface area contributed by atoms with Crippen LogP contribution < -0.4 is 15.5 Å². The summed E-state index contributed by atoms with van der Waals surface area (Å²) in [5.74, 6) is -0.475. The summed E-state index contributed by atoms with van der Waals surface area (Å²) in [5.41, 5.74) is 4.82. The smallest absolute Gasteiger partial charge is 0.334 e. The molecule has 43 heavy (non-hydrogen) atoms. The molecule has 0 spiro atoms. The summed E-state index contributed by atoms with van der Waals surface area (Å²) < 4.78 is 0. The van der Waals surface area contributed by atoms with Gasteiger partial charge in [-0.15, -0.1) is 0 Å². The van der Waals surface area contributed by atoms with E-state index in [2.05, 4.69) is 53.3 Å². The van der Waals surface area contributed by atoms with Crippen molar-refractivity contribution < 1.29 is 24.9 Å². The number of halogens is 1. The molecule has 230 valence electrons. The number of carbonyl (C=O) groups excluding carboxylic acids is 1. The molecular formula is C34H42ClN3O5. The second-order valence-corrected chi connectivity index (χ2v) is 11.1. The van der Waals surface area contributed by atoms with Crippen LogP contribution in [0.5, 0.6) is 0 Å². The first-order chi connectivity index (χ1) is 20.7. The van der Waals surface area contributed by atoms with Crippen molar-refractivity contribution in [1.82, 2.24) is 10.6 Å². The third kappa shape index (κ3) is 9.85. The van der Waals surface area contributed by atoms with Gasteiger partial charge in [-0.25, -0.2) is 4.79 Å². The Kier molecular flexibility index (Phi) is 13.1. The van der Waals surface area contributed by atoms with E-state index in [9.17, 15) is 14.7 Å². The normalized spacial score (nSPS) is 14.4. The van der Waals surface area contributed by atoms with Crippen LogP contribution in [-0.2, 0) is 11.3 Å². The van der Waals surface area contributed by atoms with E-state index >= 15 is 0 Å². The van der Waals surface area contributed by atoms with Crippen LogP contribution in [0.4, 0.5) is 5.69 Å². The first-order valence-corrected chi connectivity index (χ1v) is 14.9. The predicted octanol–water partition coefficient (Wildman–Crippen LogP) is 6.00. The monoisotopic (exact) mass is 607 g/mol. The Balaban J connectivity index is 0.00000248. The number of carbonyl (C=O) groups is 2. The van der Waals surface area contributed by atoms with Crippen molar-refractivity contribution in [3.05, 3.63) is 112 Å². The van der Waals surface area contributed by atoms with Gasteiger partial charge in [0.2, 0.25) is 0 Å². The Bertz CT molecular complexity index is 1320. The van der Waals surface area contributed by atoms with Gasteiger partial charge in [0.05, 0.1) is 12.4 Å². The second kappa shape index (κ2) is 16.7. The van der Waals surface area contributed by atoms with Crippen molar-refractivity contribution in [2.45, 2.75) is 63.6 Å². The van der Waals surface area contributed by atoms with Gasteiger partial charge in [-0.1, -0.05) is 73.8 Å². The zero-order valence-corrected chi connectivity index (χ0v) is 25.6. The topological polar surface area (TPSA) is 122 Å². The lowest BCUT2D eigenvalue weighted by atomic mass is 9.84. The number of anilines is 1. The van der Waals surface area contributed by atoms with E-state index in [4.69, 9.17) is 21.8 Å². The summed E-state index contributed by atoms with van der Waals surface area (Å²) in [6, 6.07) is 23.6. The highest BCUT2D eigenvalue weighted by molar-refractivity contribution is 6.30. The number of aliphatic hydroxyl groups excluding tert-OH is 2. The van der Waals surface area contributed by atoms with Crippen LogP contribution >= 0.6 is 11.6 Å². The summed E-state index contributed by atoms with van der Waals surface area (Å²) in [7, 11) is 1.00. The molecule has 0 aliphatic heterocycles. The Hall–Kier alpha value is -3.85. The molecule has 2 atom stereocenters. The van der Waals surface area contributed by atoms with Gasteiger partial charge >= 0.3 is 5.97 Å². The fourth-order valence-corrected chi connectivity index (χ4v) is 5.32. The van der Waals surface area contributed by atoms with Crippen LogP contribution in [0.2, 0.25) is 5.02 Å². The fourth-order valence-electron chi connectivity index (χ4n) is 5.19. The number of benzene rings is 3. The average molecular weight is 608 g/mol. The predicted molar refractivity (Wildman–Crippen MR) is 171 cm³/mol. The molecule has 0 radical (unpaired) electrons. The highest BCUT2D eigenvalue weighted by Gasteiger charge is 2.19. The van der Waals surface area contributed by atoms with Gasteiger partial charge in [0.1, 0.15) is 0 Å². The van der Waals surface area contributed by atoms with Crippen LogP contribution in [0.1, 0.15) is 78.0 Å². The van der Waals surface area contributed by atoms with Crippen LogP contribution in [0.3, 0.4) is 0 Å². The van der Waals surface area contributed by atoms with Crippen molar-refractivity contribution >= 4 is 29.2 Å². The quantitative estimate of drug-likeness (QED) is 0.171. The maximum absolute atomic E-state index is 12.4. The summed E-state index contributed by atoms with van der Waals surface area (Å²) in [4.78, 5) is 25.3. The number of aliphatic hydroxyl groups is 2. The van der Waals surface area contributed by atoms with Gasteiger partial charge in [0.15, 0.2) is 6.10 Å². The minimum Gasteiger partial charge on any atom is -0.479 e. The third-order valence-electron chi connectivity index (χ3n) is 7.66. The van der Waals surface area contributed by atoms with Crippen molar-refractivity contribution in [3.63, 3.8) is 0 Å². The molecule has 1 amide bonds. The van der Waals surface area contributed by atoms with Crippen molar-refractivity contribution in [2.75, 3.05) is 18.6 Å². The Morgan fingerprint density at radius 2 is 1.56 bits per heavy atom. The van der Waals surface area contributed by atoms with Gasteiger partial charge in [-0.05, 0) is 78.8 Å². The Morgan fingerprint density at radius 3 is 2.14 bits per heavy atom. The molecule has 5 N–H and O–H groups in total. The lowest BCUT2D eigenvalue weighted by molar-refractivity contribution is -0.146. The zero-order chi connectivity index (χ0) is 31.4. The maximum Gasteiger partial charge on any atom is 0.334 e. The SMILES string of the molecule is C=C(NC(C)c1ccc(Cl)cc1)N(Cc1ccc(C(=O)NCC(O)C(=O)O)cc1)c1ccc(C2CCCCC2)cc1.CO. The van der Waals surface area contributed by atoms with Gasteiger partial charge < -0.3 is 30.9 Å². The highest BCUT2D eigenvalue weighted by Crippen LogP contribution is 2.34. The van der Waals surface area contributed by atoms with Gasteiger partial charge in [0, 0.05) is 36.0 Å². The van der Waals surface area contributed by atoms with Crippen molar-refractivity contribution in [2.24, 2.45) is 0 Å². The van der Waals surface area contributed by atoms with E-state index < -0.39 is 18.0 Å². The highest BCUT2D eigenvalue weighted by atomic mass is 35.5. The van der Waals surface area contributed by atoms with Gasteiger partial charge in [0.25, 0.3) is 5.91 Å². The number of nitrogens with one attached hydrogen (secondary N) is 2. The molecule has 1 aliphatic carbocycles. The molecule has 0 bridgehead atoms. The molecule has 3 aromatic rings. The average Bonchev–Trinajstić information content (AvgIpc) is 3.04. The number of aliphatic carboxylic acids is 1. The third-order valence-corrected chi connectivity index (χ3v) is 7.91. The first kappa shape index (κ1) is 33.6. The second-order valence-electron chi connectivity index (χ2n) is 10.6. The molecule has 0 saturated heterocycles. The number of carboxylic acid groups (broad SMARTS) is 1.